The number of rotatable bonds is 6. The summed E-state index contributed by atoms with van der Waals surface area (Å²) >= 11 is 0. The fourth-order valence-electron chi connectivity index (χ4n) is 1.71. The third-order valence-corrected chi connectivity index (χ3v) is 2.81. The Morgan fingerprint density at radius 3 is 2.76 bits per heavy atom. The number of nitrogens with one attached hydrogen (secondary N) is 1. The molecule has 0 fully saturated rings. The van der Waals surface area contributed by atoms with Gasteiger partial charge in [0.1, 0.15) is 0 Å². The van der Waals surface area contributed by atoms with Crippen LogP contribution in [0.1, 0.15) is 23.1 Å². The van der Waals surface area contributed by atoms with Crippen molar-refractivity contribution in [3.8, 4) is 0 Å². The molecule has 0 aliphatic heterocycles. The lowest BCUT2D eigenvalue weighted by Crippen LogP contribution is -2.21. The van der Waals surface area contributed by atoms with Gasteiger partial charge in [0.15, 0.2) is 0 Å². The van der Waals surface area contributed by atoms with Gasteiger partial charge in [-0.25, -0.2) is 0 Å². The van der Waals surface area contributed by atoms with Crippen LogP contribution in [0, 0.1) is 13.8 Å². The summed E-state index contributed by atoms with van der Waals surface area (Å²) < 4.78 is 4.57. The second-order valence-corrected chi connectivity index (χ2v) is 4.26. The Bertz CT molecular complexity index is 374. The zero-order chi connectivity index (χ0) is 12.7. The maximum absolute atomic E-state index is 10.9. The first-order chi connectivity index (χ1) is 8.13. The van der Waals surface area contributed by atoms with Gasteiger partial charge in [-0.3, -0.25) is 4.79 Å². The van der Waals surface area contributed by atoms with Crippen LogP contribution in [0.4, 0.5) is 0 Å². The average Bonchev–Trinajstić information content (AvgIpc) is 2.32. The lowest BCUT2D eigenvalue weighted by Gasteiger charge is -2.08. The standard InChI is InChI=1S/C14H21NO2/c1-11-4-5-12(2)13(10-11)6-8-15-9-7-14(16)17-3/h4-5,10,15H,6-9H2,1-3H3. The molecular formula is C14H21NO2. The van der Waals surface area contributed by atoms with Gasteiger partial charge >= 0.3 is 5.97 Å². The van der Waals surface area contributed by atoms with Crippen LogP contribution in [0.5, 0.6) is 0 Å². The maximum Gasteiger partial charge on any atom is 0.306 e. The largest absolute Gasteiger partial charge is 0.469 e. The highest BCUT2D eigenvalue weighted by atomic mass is 16.5. The van der Waals surface area contributed by atoms with Gasteiger partial charge in [-0.15, -0.1) is 0 Å². The Labute approximate surface area is 103 Å². The molecule has 0 amide bonds. The first-order valence-corrected chi connectivity index (χ1v) is 5.97. The van der Waals surface area contributed by atoms with Gasteiger partial charge in [-0.1, -0.05) is 23.8 Å². The fraction of sp³-hybridized carbons (Fsp3) is 0.500. The van der Waals surface area contributed by atoms with E-state index in [1.54, 1.807) is 0 Å². The number of esters is 1. The predicted octanol–water partition coefficient (Wildman–Crippen LogP) is 2.00. The van der Waals surface area contributed by atoms with E-state index in [0.29, 0.717) is 13.0 Å². The van der Waals surface area contributed by atoms with Gasteiger partial charge in [-0.05, 0) is 37.9 Å². The van der Waals surface area contributed by atoms with E-state index in [0.717, 1.165) is 13.0 Å². The number of hydrogen-bond donors (Lipinski definition) is 1. The quantitative estimate of drug-likeness (QED) is 0.605. The number of aryl methyl sites for hydroxylation is 2. The van der Waals surface area contributed by atoms with Crippen molar-refractivity contribution >= 4 is 5.97 Å². The molecule has 0 aliphatic rings. The molecule has 3 heteroatoms. The number of benzene rings is 1. The summed E-state index contributed by atoms with van der Waals surface area (Å²) in [6.45, 7) is 5.80. The molecule has 94 valence electrons. The van der Waals surface area contributed by atoms with Gasteiger partial charge in [0, 0.05) is 6.54 Å². The van der Waals surface area contributed by atoms with E-state index in [4.69, 9.17) is 0 Å². The number of carbonyl (C=O) groups excluding carboxylic acids is 1. The molecule has 0 radical (unpaired) electrons. The highest BCUT2D eigenvalue weighted by Crippen LogP contribution is 2.10. The van der Waals surface area contributed by atoms with Crippen molar-refractivity contribution in [1.82, 2.24) is 5.32 Å². The zero-order valence-corrected chi connectivity index (χ0v) is 10.9. The first kappa shape index (κ1) is 13.7. The molecule has 0 saturated heterocycles. The van der Waals surface area contributed by atoms with E-state index in [2.05, 4.69) is 42.1 Å². The SMILES string of the molecule is COC(=O)CCNCCc1cc(C)ccc1C. The predicted molar refractivity (Wildman–Crippen MR) is 69.1 cm³/mol. The van der Waals surface area contributed by atoms with Crippen LogP contribution in [-0.2, 0) is 16.0 Å². The monoisotopic (exact) mass is 235 g/mol. The molecule has 0 aromatic heterocycles. The smallest absolute Gasteiger partial charge is 0.306 e. The topological polar surface area (TPSA) is 38.3 Å². The average molecular weight is 235 g/mol. The molecule has 17 heavy (non-hydrogen) atoms. The molecule has 0 bridgehead atoms. The van der Waals surface area contributed by atoms with Crippen molar-refractivity contribution < 1.29 is 9.53 Å². The number of carbonyl (C=O) groups is 1. The molecular weight excluding hydrogens is 214 g/mol. The normalized spacial score (nSPS) is 10.3. The molecule has 0 unspecified atom stereocenters. The Hall–Kier alpha value is -1.35. The molecule has 0 spiro atoms. The Morgan fingerprint density at radius 1 is 1.29 bits per heavy atom. The minimum absolute atomic E-state index is 0.163. The van der Waals surface area contributed by atoms with Gasteiger partial charge in [0.2, 0.25) is 0 Å². The van der Waals surface area contributed by atoms with Crippen molar-refractivity contribution in [3.05, 3.63) is 34.9 Å². The second-order valence-electron chi connectivity index (χ2n) is 4.26. The number of methoxy groups -OCH3 is 1. The second kappa shape index (κ2) is 7.07. The van der Waals surface area contributed by atoms with Crippen molar-refractivity contribution in [1.29, 1.82) is 0 Å². The van der Waals surface area contributed by atoms with E-state index in [-0.39, 0.29) is 5.97 Å². The molecule has 3 nitrogen and oxygen atoms in total. The molecule has 1 aromatic carbocycles. The van der Waals surface area contributed by atoms with Crippen molar-refractivity contribution in [3.63, 3.8) is 0 Å². The van der Waals surface area contributed by atoms with Gasteiger partial charge in [0.05, 0.1) is 13.5 Å². The summed E-state index contributed by atoms with van der Waals surface area (Å²) in [5, 5.41) is 3.24. The van der Waals surface area contributed by atoms with Crippen LogP contribution < -0.4 is 5.32 Å². The van der Waals surface area contributed by atoms with Crippen LogP contribution in [0.15, 0.2) is 18.2 Å². The maximum atomic E-state index is 10.9. The third kappa shape index (κ3) is 5.00. The Balaban J connectivity index is 2.26. The van der Waals surface area contributed by atoms with E-state index in [1.165, 1.54) is 23.8 Å². The summed E-state index contributed by atoms with van der Waals surface area (Å²) in [4.78, 5) is 10.9. The molecule has 0 aliphatic carbocycles. The third-order valence-electron chi connectivity index (χ3n) is 2.81. The van der Waals surface area contributed by atoms with Crippen LogP contribution in [0.25, 0.3) is 0 Å². The zero-order valence-electron chi connectivity index (χ0n) is 10.9. The van der Waals surface area contributed by atoms with Crippen molar-refractivity contribution in [2.24, 2.45) is 0 Å². The minimum atomic E-state index is -0.163. The highest BCUT2D eigenvalue weighted by molar-refractivity contribution is 5.69. The molecule has 1 aromatic rings. The molecule has 0 atom stereocenters. The lowest BCUT2D eigenvalue weighted by molar-refractivity contribution is -0.140. The molecule has 0 saturated carbocycles. The van der Waals surface area contributed by atoms with Crippen LogP contribution in [0.3, 0.4) is 0 Å². The van der Waals surface area contributed by atoms with E-state index in [1.807, 2.05) is 0 Å². The lowest BCUT2D eigenvalue weighted by atomic mass is 10.0. The number of ether oxygens (including phenoxy) is 1. The molecule has 1 N–H and O–H groups in total. The van der Waals surface area contributed by atoms with Crippen LogP contribution in [0.2, 0.25) is 0 Å². The summed E-state index contributed by atoms with van der Waals surface area (Å²) in [5.41, 5.74) is 3.99. The van der Waals surface area contributed by atoms with E-state index < -0.39 is 0 Å². The summed E-state index contributed by atoms with van der Waals surface area (Å²) in [5.74, 6) is -0.163. The highest BCUT2D eigenvalue weighted by Gasteiger charge is 2.00. The fourth-order valence-corrected chi connectivity index (χ4v) is 1.71. The molecule has 1 rings (SSSR count). The van der Waals surface area contributed by atoms with Crippen molar-refractivity contribution in [2.45, 2.75) is 26.7 Å². The van der Waals surface area contributed by atoms with E-state index in [9.17, 15) is 4.79 Å². The number of hydrogen-bond acceptors (Lipinski definition) is 3. The summed E-state index contributed by atoms with van der Waals surface area (Å²) in [7, 11) is 1.42. The van der Waals surface area contributed by atoms with Crippen LogP contribution in [-0.4, -0.2) is 26.2 Å². The van der Waals surface area contributed by atoms with Crippen LogP contribution >= 0.6 is 0 Å². The molecule has 0 heterocycles. The van der Waals surface area contributed by atoms with Crippen molar-refractivity contribution in [2.75, 3.05) is 20.2 Å². The minimum Gasteiger partial charge on any atom is -0.469 e. The van der Waals surface area contributed by atoms with Gasteiger partial charge in [-0.2, -0.15) is 0 Å². The van der Waals surface area contributed by atoms with Gasteiger partial charge in [0.25, 0.3) is 0 Å². The summed E-state index contributed by atoms with van der Waals surface area (Å²) in [6.07, 6.45) is 1.43. The summed E-state index contributed by atoms with van der Waals surface area (Å²) in [6, 6.07) is 6.50. The first-order valence-electron chi connectivity index (χ1n) is 5.97. The Kier molecular flexibility index (Phi) is 5.70. The Morgan fingerprint density at radius 2 is 2.06 bits per heavy atom. The van der Waals surface area contributed by atoms with E-state index >= 15 is 0 Å². The van der Waals surface area contributed by atoms with Gasteiger partial charge < -0.3 is 10.1 Å².